The molecule has 1 aliphatic rings. The predicted octanol–water partition coefficient (Wildman–Crippen LogP) is 3.83. The van der Waals surface area contributed by atoms with E-state index in [1.54, 1.807) is 24.5 Å². The van der Waals surface area contributed by atoms with E-state index in [-0.39, 0.29) is 18.7 Å². The number of alkyl halides is 2. The zero-order valence-corrected chi connectivity index (χ0v) is 13.7. The first-order valence-corrected chi connectivity index (χ1v) is 8.20. The Labute approximate surface area is 148 Å². The van der Waals surface area contributed by atoms with Crippen molar-refractivity contribution in [3.63, 3.8) is 0 Å². The Morgan fingerprint density at radius 3 is 2.73 bits per heavy atom. The van der Waals surface area contributed by atoms with Crippen LogP contribution < -0.4 is 0 Å². The Bertz CT molecular complexity index is 958. The van der Waals surface area contributed by atoms with Gasteiger partial charge in [0.05, 0.1) is 0 Å². The Hall–Kier alpha value is -3.14. The van der Waals surface area contributed by atoms with Crippen molar-refractivity contribution in [1.82, 2.24) is 20.1 Å². The molecule has 1 saturated carbocycles. The van der Waals surface area contributed by atoms with Gasteiger partial charge in [-0.3, -0.25) is 4.98 Å². The molecule has 26 heavy (non-hydrogen) atoms. The van der Waals surface area contributed by atoms with E-state index < -0.39 is 11.8 Å². The summed E-state index contributed by atoms with van der Waals surface area (Å²) in [5, 5.41) is 3.86. The molecule has 5 nitrogen and oxygen atoms in total. The molecule has 3 heterocycles. The van der Waals surface area contributed by atoms with E-state index in [0.29, 0.717) is 23.6 Å². The summed E-state index contributed by atoms with van der Waals surface area (Å²) in [6.45, 7) is 0. The van der Waals surface area contributed by atoms with E-state index in [1.807, 2.05) is 18.2 Å². The van der Waals surface area contributed by atoms with Gasteiger partial charge in [0.2, 0.25) is 17.6 Å². The Kier molecular flexibility index (Phi) is 4.17. The van der Waals surface area contributed by atoms with E-state index in [1.165, 1.54) is 0 Å². The van der Waals surface area contributed by atoms with Crippen molar-refractivity contribution < 1.29 is 13.3 Å². The third-order valence-electron chi connectivity index (χ3n) is 4.19. The van der Waals surface area contributed by atoms with Gasteiger partial charge in [-0.25, -0.2) is 13.8 Å². The van der Waals surface area contributed by atoms with Crippen LogP contribution >= 0.6 is 0 Å². The average molecular weight is 352 g/mol. The lowest BCUT2D eigenvalue weighted by atomic mass is 10.1. The number of hydrogen-bond donors (Lipinski definition) is 0. The summed E-state index contributed by atoms with van der Waals surface area (Å²) in [7, 11) is 0. The van der Waals surface area contributed by atoms with Gasteiger partial charge in [0.25, 0.3) is 0 Å². The maximum absolute atomic E-state index is 13.3. The molecule has 0 radical (unpaired) electrons. The third-order valence-corrected chi connectivity index (χ3v) is 4.19. The number of hydrogen-bond acceptors (Lipinski definition) is 5. The second-order valence-electron chi connectivity index (χ2n) is 6.15. The van der Waals surface area contributed by atoms with E-state index in [4.69, 9.17) is 4.52 Å². The molecule has 0 aliphatic heterocycles. The molecule has 0 N–H and O–H groups in total. The number of pyridine rings is 2. The smallest absolute Gasteiger partial charge is 0.248 e. The van der Waals surface area contributed by atoms with Crippen LogP contribution in [0, 0.1) is 11.8 Å². The Morgan fingerprint density at radius 1 is 1.12 bits per heavy atom. The molecule has 3 aromatic rings. The van der Waals surface area contributed by atoms with Gasteiger partial charge in [0.1, 0.15) is 11.4 Å². The lowest BCUT2D eigenvalue weighted by Crippen LogP contribution is -2.09. The van der Waals surface area contributed by atoms with Crippen molar-refractivity contribution in [2.45, 2.75) is 31.1 Å². The summed E-state index contributed by atoms with van der Waals surface area (Å²) < 4.78 is 31.8. The van der Waals surface area contributed by atoms with Crippen LogP contribution in [0.2, 0.25) is 0 Å². The first kappa shape index (κ1) is 16.3. The summed E-state index contributed by atoms with van der Waals surface area (Å²) in [4.78, 5) is 12.6. The quantitative estimate of drug-likeness (QED) is 0.656. The molecule has 1 aliphatic carbocycles. The van der Waals surface area contributed by atoms with E-state index >= 15 is 0 Å². The third kappa shape index (κ3) is 3.59. The SMILES string of the molecule is FC1(F)CC[C@H](c2nc(-c3ccc(C#Cc4ccccn4)cn3)no2)C1. The summed E-state index contributed by atoms with van der Waals surface area (Å²) in [6.07, 6.45) is 3.25. The van der Waals surface area contributed by atoms with Crippen LogP contribution in [-0.4, -0.2) is 26.0 Å². The standard InChI is InChI=1S/C19H14F2N4O/c20-19(21)9-8-14(11-19)18-24-17(25-26-18)16-7-5-13(12-23-16)4-6-15-3-1-2-10-22-15/h1-3,5,7,10,12,14H,8-9,11H2/t14-/m0/s1. The number of aromatic nitrogens is 4. The fourth-order valence-corrected chi connectivity index (χ4v) is 2.84. The van der Waals surface area contributed by atoms with Gasteiger partial charge in [-0.05, 0) is 36.6 Å². The lowest BCUT2D eigenvalue weighted by molar-refractivity contribution is 0.00690. The van der Waals surface area contributed by atoms with Gasteiger partial charge < -0.3 is 4.52 Å². The van der Waals surface area contributed by atoms with Gasteiger partial charge in [0.15, 0.2) is 0 Å². The maximum atomic E-state index is 13.3. The second kappa shape index (κ2) is 6.64. The van der Waals surface area contributed by atoms with Crippen LogP contribution in [0.25, 0.3) is 11.5 Å². The molecule has 0 amide bonds. The minimum absolute atomic E-state index is 0.142. The molecule has 1 fully saturated rings. The van der Waals surface area contributed by atoms with Crippen molar-refractivity contribution in [2.75, 3.05) is 0 Å². The molecular formula is C19H14F2N4O. The second-order valence-corrected chi connectivity index (χ2v) is 6.15. The molecule has 3 aromatic heterocycles. The van der Waals surface area contributed by atoms with Crippen molar-refractivity contribution in [1.29, 1.82) is 0 Å². The van der Waals surface area contributed by atoms with Crippen LogP contribution in [0.4, 0.5) is 8.78 Å². The largest absolute Gasteiger partial charge is 0.339 e. The van der Waals surface area contributed by atoms with E-state index in [0.717, 1.165) is 5.56 Å². The van der Waals surface area contributed by atoms with E-state index in [2.05, 4.69) is 31.9 Å². The molecule has 0 saturated heterocycles. The minimum atomic E-state index is -2.65. The predicted molar refractivity (Wildman–Crippen MR) is 89.3 cm³/mol. The van der Waals surface area contributed by atoms with E-state index in [9.17, 15) is 8.78 Å². The van der Waals surface area contributed by atoms with Gasteiger partial charge in [0, 0.05) is 36.7 Å². The van der Waals surface area contributed by atoms with Crippen molar-refractivity contribution in [3.05, 3.63) is 59.9 Å². The minimum Gasteiger partial charge on any atom is -0.339 e. The Balaban J connectivity index is 1.49. The van der Waals surface area contributed by atoms with Crippen LogP contribution in [0.1, 0.15) is 42.3 Å². The molecular weight excluding hydrogens is 338 g/mol. The van der Waals surface area contributed by atoms with Crippen molar-refractivity contribution >= 4 is 0 Å². The highest BCUT2D eigenvalue weighted by atomic mass is 19.3. The molecule has 0 unspecified atom stereocenters. The number of rotatable bonds is 2. The summed E-state index contributed by atoms with van der Waals surface area (Å²) in [5.41, 5.74) is 1.90. The lowest BCUT2D eigenvalue weighted by Gasteiger charge is -2.05. The number of nitrogens with zero attached hydrogens (tertiary/aromatic N) is 4. The molecule has 1 atom stereocenters. The molecule has 0 spiro atoms. The molecule has 7 heteroatoms. The average Bonchev–Trinajstić information content (AvgIpc) is 3.28. The highest BCUT2D eigenvalue weighted by Gasteiger charge is 2.42. The zero-order valence-electron chi connectivity index (χ0n) is 13.7. The van der Waals surface area contributed by atoms with Gasteiger partial charge >= 0.3 is 0 Å². The molecule has 4 rings (SSSR count). The molecule has 130 valence electrons. The van der Waals surface area contributed by atoms with Gasteiger partial charge in [-0.2, -0.15) is 4.98 Å². The summed E-state index contributed by atoms with van der Waals surface area (Å²) in [6, 6.07) is 9.03. The van der Waals surface area contributed by atoms with Crippen molar-refractivity contribution in [3.8, 4) is 23.4 Å². The fraction of sp³-hybridized carbons (Fsp3) is 0.263. The summed E-state index contributed by atoms with van der Waals surface area (Å²) >= 11 is 0. The summed E-state index contributed by atoms with van der Waals surface area (Å²) in [5.74, 6) is 3.42. The highest BCUT2D eigenvalue weighted by molar-refractivity contribution is 5.50. The molecule has 0 bridgehead atoms. The topological polar surface area (TPSA) is 64.7 Å². The first-order valence-electron chi connectivity index (χ1n) is 8.20. The first-order chi connectivity index (χ1) is 12.6. The fourth-order valence-electron chi connectivity index (χ4n) is 2.84. The van der Waals surface area contributed by atoms with Gasteiger partial charge in [-0.15, -0.1) is 0 Å². The van der Waals surface area contributed by atoms with Crippen LogP contribution in [0.5, 0.6) is 0 Å². The zero-order chi connectivity index (χ0) is 18.0. The normalized spacial score (nSPS) is 18.3. The highest BCUT2D eigenvalue weighted by Crippen LogP contribution is 2.43. The van der Waals surface area contributed by atoms with Gasteiger partial charge in [-0.1, -0.05) is 17.1 Å². The number of halogens is 2. The monoisotopic (exact) mass is 352 g/mol. The Morgan fingerprint density at radius 2 is 2.04 bits per heavy atom. The molecule has 0 aromatic carbocycles. The van der Waals surface area contributed by atoms with Crippen molar-refractivity contribution in [2.24, 2.45) is 0 Å². The maximum Gasteiger partial charge on any atom is 0.248 e. The van der Waals surface area contributed by atoms with Crippen LogP contribution in [-0.2, 0) is 0 Å². The van der Waals surface area contributed by atoms with Crippen LogP contribution in [0.15, 0.2) is 47.2 Å². The van der Waals surface area contributed by atoms with Crippen LogP contribution in [0.3, 0.4) is 0 Å².